The van der Waals surface area contributed by atoms with Gasteiger partial charge < -0.3 is 10.1 Å². The standard InChI is InChI=1S/C24H24N2O6/c1-4-5-11-26-22(29)19-10-9-17(13-20(19)23(26)30)24(31)32-15(3)21(28)25-18-8-6-7-16(12-18)14(2)27/h6-10,12-13,15H,4-5,11H2,1-3H3,(H,25,28). The van der Waals surface area contributed by atoms with Crippen LogP contribution in [-0.2, 0) is 9.53 Å². The monoisotopic (exact) mass is 436 g/mol. The van der Waals surface area contributed by atoms with Gasteiger partial charge in [-0.05, 0) is 50.6 Å². The number of carbonyl (C=O) groups is 5. The summed E-state index contributed by atoms with van der Waals surface area (Å²) in [6, 6.07) is 10.6. The summed E-state index contributed by atoms with van der Waals surface area (Å²) in [6.07, 6.45) is 0.405. The van der Waals surface area contributed by atoms with Crippen molar-refractivity contribution in [3.63, 3.8) is 0 Å². The average molecular weight is 436 g/mol. The van der Waals surface area contributed by atoms with E-state index in [9.17, 15) is 24.0 Å². The molecule has 0 fully saturated rings. The van der Waals surface area contributed by atoms with Crippen LogP contribution in [0.15, 0.2) is 42.5 Å². The number of hydrogen-bond donors (Lipinski definition) is 1. The number of hydrogen-bond acceptors (Lipinski definition) is 6. The minimum absolute atomic E-state index is 0.0699. The van der Waals surface area contributed by atoms with Crippen molar-refractivity contribution in [2.24, 2.45) is 0 Å². The van der Waals surface area contributed by atoms with Crippen molar-refractivity contribution in [3.05, 3.63) is 64.7 Å². The van der Waals surface area contributed by atoms with Gasteiger partial charge in [-0.2, -0.15) is 0 Å². The SMILES string of the molecule is CCCCN1C(=O)c2ccc(C(=O)OC(C)C(=O)Nc3cccc(C(C)=O)c3)cc2C1=O. The molecular formula is C24H24N2O6. The van der Waals surface area contributed by atoms with E-state index in [-0.39, 0.29) is 28.4 Å². The van der Waals surface area contributed by atoms with Crippen LogP contribution in [0, 0.1) is 0 Å². The van der Waals surface area contributed by atoms with Gasteiger partial charge in [-0.15, -0.1) is 0 Å². The summed E-state index contributed by atoms with van der Waals surface area (Å²) in [5.41, 5.74) is 1.31. The highest BCUT2D eigenvalue weighted by Gasteiger charge is 2.35. The lowest BCUT2D eigenvalue weighted by Gasteiger charge is -2.14. The molecule has 0 saturated heterocycles. The van der Waals surface area contributed by atoms with Gasteiger partial charge in [-0.25, -0.2) is 4.79 Å². The van der Waals surface area contributed by atoms with Gasteiger partial charge in [0.15, 0.2) is 11.9 Å². The van der Waals surface area contributed by atoms with Crippen molar-refractivity contribution >= 4 is 35.2 Å². The molecule has 0 spiro atoms. The van der Waals surface area contributed by atoms with Crippen LogP contribution in [0.1, 0.15) is 75.0 Å². The Morgan fingerprint density at radius 3 is 2.41 bits per heavy atom. The molecule has 3 rings (SSSR count). The number of carbonyl (C=O) groups excluding carboxylic acids is 5. The number of anilines is 1. The Morgan fingerprint density at radius 2 is 1.72 bits per heavy atom. The van der Waals surface area contributed by atoms with E-state index in [1.807, 2.05) is 6.92 Å². The molecule has 0 bridgehead atoms. The van der Waals surface area contributed by atoms with Crippen LogP contribution < -0.4 is 5.32 Å². The number of benzene rings is 2. The number of ketones is 1. The van der Waals surface area contributed by atoms with Crippen LogP contribution in [0.3, 0.4) is 0 Å². The number of Topliss-reactive ketones (excluding diaryl/α,β-unsaturated/α-hetero) is 1. The molecule has 1 heterocycles. The largest absolute Gasteiger partial charge is 0.449 e. The zero-order valence-electron chi connectivity index (χ0n) is 18.1. The fraction of sp³-hybridized carbons (Fsp3) is 0.292. The lowest BCUT2D eigenvalue weighted by molar-refractivity contribution is -0.123. The molecule has 1 atom stereocenters. The number of fused-ring (bicyclic) bond motifs is 1. The van der Waals surface area contributed by atoms with E-state index in [0.717, 1.165) is 6.42 Å². The third-order valence-electron chi connectivity index (χ3n) is 5.13. The Labute approximate surface area is 185 Å². The molecule has 166 valence electrons. The molecule has 0 saturated carbocycles. The molecule has 32 heavy (non-hydrogen) atoms. The summed E-state index contributed by atoms with van der Waals surface area (Å²) < 4.78 is 5.23. The lowest BCUT2D eigenvalue weighted by Crippen LogP contribution is -2.30. The van der Waals surface area contributed by atoms with Gasteiger partial charge in [0.1, 0.15) is 0 Å². The first-order valence-electron chi connectivity index (χ1n) is 10.4. The molecule has 1 unspecified atom stereocenters. The fourth-order valence-electron chi connectivity index (χ4n) is 3.28. The third-order valence-corrected chi connectivity index (χ3v) is 5.13. The number of rotatable bonds is 8. The first kappa shape index (κ1) is 22.9. The molecule has 8 nitrogen and oxygen atoms in total. The Hall–Kier alpha value is -3.81. The molecule has 8 heteroatoms. The van der Waals surface area contributed by atoms with Crippen LogP contribution in [0.5, 0.6) is 0 Å². The second-order valence-electron chi connectivity index (χ2n) is 7.55. The highest BCUT2D eigenvalue weighted by molar-refractivity contribution is 6.22. The molecule has 0 aromatic heterocycles. The Balaban J connectivity index is 1.67. The van der Waals surface area contributed by atoms with Crippen molar-refractivity contribution in [1.82, 2.24) is 4.90 Å². The van der Waals surface area contributed by atoms with Gasteiger partial charge >= 0.3 is 5.97 Å². The van der Waals surface area contributed by atoms with Crippen molar-refractivity contribution in [3.8, 4) is 0 Å². The third kappa shape index (κ3) is 4.74. The predicted molar refractivity (Wildman–Crippen MR) is 117 cm³/mol. The molecular weight excluding hydrogens is 412 g/mol. The smallest absolute Gasteiger partial charge is 0.338 e. The van der Waals surface area contributed by atoms with Gasteiger partial charge in [-0.1, -0.05) is 25.5 Å². The summed E-state index contributed by atoms with van der Waals surface area (Å²) in [7, 11) is 0. The van der Waals surface area contributed by atoms with Crippen LogP contribution in [0.25, 0.3) is 0 Å². The first-order valence-corrected chi connectivity index (χ1v) is 10.4. The van der Waals surface area contributed by atoms with Gasteiger partial charge in [0.05, 0.1) is 16.7 Å². The summed E-state index contributed by atoms with van der Waals surface area (Å²) >= 11 is 0. The number of amides is 3. The molecule has 2 aromatic carbocycles. The number of ether oxygens (including phenoxy) is 1. The van der Waals surface area contributed by atoms with E-state index < -0.39 is 23.9 Å². The van der Waals surface area contributed by atoms with Crippen LogP contribution in [-0.4, -0.2) is 47.0 Å². The molecule has 3 amide bonds. The fourth-order valence-corrected chi connectivity index (χ4v) is 3.28. The zero-order valence-corrected chi connectivity index (χ0v) is 18.1. The number of nitrogens with one attached hydrogen (secondary N) is 1. The first-order chi connectivity index (χ1) is 15.2. The zero-order chi connectivity index (χ0) is 23.4. The number of imide groups is 1. The van der Waals surface area contributed by atoms with Gasteiger partial charge in [0, 0.05) is 17.8 Å². The quantitative estimate of drug-likeness (QED) is 0.385. The topological polar surface area (TPSA) is 110 Å². The minimum atomic E-state index is -1.13. The van der Waals surface area contributed by atoms with Gasteiger partial charge in [-0.3, -0.25) is 24.1 Å². The maximum atomic E-state index is 12.6. The van der Waals surface area contributed by atoms with Crippen molar-refractivity contribution in [2.45, 2.75) is 39.7 Å². The normalized spacial score (nSPS) is 13.5. The van der Waals surface area contributed by atoms with Gasteiger partial charge in [0.2, 0.25) is 0 Å². The number of nitrogens with zero attached hydrogens (tertiary/aromatic N) is 1. The molecule has 2 aromatic rings. The highest BCUT2D eigenvalue weighted by Crippen LogP contribution is 2.25. The van der Waals surface area contributed by atoms with E-state index in [4.69, 9.17) is 4.74 Å². The molecule has 1 N–H and O–H groups in total. The molecule has 0 aliphatic carbocycles. The van der Waals surface area contributed by atoms with E-state index >= 15 is 0 Å². The van der Waals surface area contributed by atoms with E-state index in [1.165, 1.54) is 43.0 Å². The van der Waals surface area contributed by atoms with Crippen molar-refractivity contribution in [1.29, 1.82) is 0 Å². The van der Waals surface area contributed by atoms with E-state index in [0.29, 0.717) is 24.2 Å². The second kappa shape index (κ2) is 9.55. The molecule has 1 aliphatic heterocycles. The summed E-state index contributed by atoms with van der Waals surface area (Å²) in [4.78, 5) is 62.6. The van der Waals surface area contributed by atoms with Gasteiger partial charge in [0.25, 0.3) is 17.7 Å². The van der Waals surface area contributed by atoms with E-state index in [1.54, 1.807) is 18.2 Å². The maximum Gasteiger partial charge on any atom is 0.338 e. The summed E-state index contributed by atoms with van der Waals surface area (Å²) in [5, 5.41) is 2.60. The minimum Gasteiger partial charge on any atom is -0.449 e. The number of unbranched alkanes of at least 4 members (excludes halogenated alkanes) is 1. The Bertz CT molecular complexity index is 1110. The van der Waals surface area contributed by atoms with Crippen molar-refractivity contribution in [2.75, 3.05) is 11.9 Å². The average Bonchev–Trinajstić information content (AvgIpc) is 3.01. The summed E-state index contributed by atoms with van der Waals surface area (Å²) in [6.45, 7) is 5.12. The maximum absolute atomic E-state index is 12.6. The molecule has 0 radical (unpaired) electrons. The predicted octanol–water partition coefficient (Wildman–Crippen LogP) is 3.47. The van der Waals surface area contributed by atoms with E-state index in [2.05, 4.69) is 5.32 Å². The molecule has 1 aliphatic rings. The van der Waals surface area contributed by atoms with Crippen LogP contribution in [0.2, 0.25) is 0 Å². The second-order valence-corrected chi connectivity index (χ2v) is 7.55. The van der Waals surface area contributed by atoms with Crippen LogP contribution >= 0.6 is 0 Å². The Morgan fingerprint density at radius 1 is 1.00 bits per heavy atom. The van der Waals surface area contributed by atoms with Crippen molar-refractivity contribution < 1.29 is 28.7 Å². The van der Waals surface area contributed by atoms with Crippen LogP contribution in [0.4, 0.5) is 5.69 Å². The lowest BCUT2D eigenvalue weighted by atomic mass is 10.1. The Kier molecular flexibility index (Phi) is 6.82. The highest BCUT2D eigenvalue weighted by atomic mass is 16.5. The number of esters is 1. The summed E-state index contributed by atoms with van der Waals surface area (Å²) in [5.74, 6) is -2.32.